The Bertz CT molecular complexity index is 591. The van der Waals surface area contributed by atoms with E-state index in [1.807, 2.05) is 20.0 Å². The van der Waals surface area contributed by atoms with Crippen LogP contribution in [0, 0.1) is 24.7 Å². The van der Waals surface area contributed by atoms with Crippen molar-refractivity contribution in [3.05, 3.63) is 17.5 Å². The maximum absolute atomic E-state index is 5.17. The summed E-state index contributed by atoms with van der Waals surface area (Å²) in [4.78, 5) is 9.39. The van der Waals surface area contributed by atoms with Crippen molar-refractivity contribution in [3.63, 3.8) is 0 Å². The second-order valence-electron chi connectivity index (χ2n) is 7.96. The average molecular weight is 473 g/mol. The molecule has 1 saturated heterocycles. The lowest BCUT2D eigenvalue weighted by Gasteiger charge is -2.36. The van der Waals surface area contributed by atoms with Gasteiger partial charge in [0, 0.05) is 52.4 Å². The molecule has 0 atom stereocenters. The van der Waals surface area contributed by atoms with Crippen LogP contribution in [0.3, 0.4) is 0 Å². The normalized spacial score (nSPS) is 21.8. The first kappa shape index (κ1) is 19.9. The Morgan fingerprint density at radius 1 is 1.23 bits per heavy atom. The van der Waals surface area contributed by atoms with E-state index in [2.05, 4.69) is 25.3 Å². The molecule has 0 aromatic carbocycles. The molecule has 3 fully saturated rings. The zero-order chi connectivity index (χ0) is 17.2. The summed E-state index contributed by atoms with van der Waals surface area (Å²) < 4.78 is 5.17. The van der Waals surface area contributed by atoms with Crippen LogP contribution in [0.4, 0.5) is 0 Å². The van der Waals surface area contributed by atoms with Crippen LogP contribution in [0.5, 0.6) is 0 Å². The minimum absolute atomic E-state index is 0. The Balaban J connectivity index is 0.00000196. The molecule has 3 aliphatic rings. The quantitative estimate of drug-likeness (QED) is 0.391. The van der Waals surface area contributed by atoms with Crippen LogP contribution >= 0.6 is 24.0 Å². The monoisotopic (exact) mass is 473 g/mol. The number of nitrogens with zero attached hydrogens (tertiary/aromatic N) is 4. The molecule has 4 rings (SSSR count). The Kier molecular flexibility index (Phi) is 6.82. The van der Waals surface area contributed by atoms with Crippen molar-refractivity contribution in [2.75, 3.05) is 39.8 Å². The number of hydrogen-bond acceptors (Lipinski definition) is 4. The lowest BCUT2D eigenvalue weighted by atomic mass is 9.98. The topological polar surface area (TPSA) is 56.9 Å². The van der Waals surface area contributed by atoms with Crippen LogP contribution in [0.15, 0.2) is 15.6 Å². The van der Waals surface area contributed by atoms with Crippen LogP contribution < -0.4 is 5.32 Å². The molecule has 1 aromatic rings. The van der Waals surface area contributed by atoms with Gasteiger partial charge in [0.2, 0.25) is 0 Å². The molecule has 7 heteroatoms. The number of halogens is 1. The molecule has 0 radical (unpaired) electrons. The Labute approximate surface area is 173 Å². The van der Waals surface area contributed by atoms with E-state index in [4.69, 9.17) is 4.52 Å². The van der Waals surface area contributed by atoms with Crippen molar-refractivity contribution in [1.82, 2.24) is 20.3 Å². The van der Waals surface area contributed by atoms with E-state index >= 15 is 0 Å². The molecule has 0 amide bonds. The summed E-state index contributed by atoms with van der Waals surface area (Å²) in [6, 6.07) is 2.03. The number of aromatic nitrogens is 1. The van der Waals surface area contributed by atoms with Gasteiger partial charge >= 0.3 is 0 Å². The van der Waals surface area contributed by atoms with Crippen molar-refractivity contribution >= 4 is 29.9 Å². The first-order chi connectivity index (χ1) is 12.2. The zero-order valence-electron chi connectivity index (χ0n) is 16.0. The summed E-state index contributed by atoms with van der Waals surface area (Å²) in [5.41, 5.74) is 1.03. The zero-order valence-corrected chi connectivity index (χ0v) is 18.3. The number of rotatable bonds is 6. The molecule has 6 nitrogen and oxygen atoms in total. The highest BCUT2D eigenvalue weighted by atomic mass is 127. The smallest absolute Gasteiger partial charge is 0.193 e. The maximum atomic E-state index is 5.17. The molecule has 0 spiro atoms. The number of aliphatic imine (C=N–C) groups is 1. The Hall–Kier alpha value is -0.830. The van der Waals surface area contributed by atoms with Gasteiger partial charge in [-0.05, 0) is 50.4 Å². The third kappa shape index (κ3) is 5.12. The summed E-state index contributed by atoms with van der Waals surface area (Å²) in [6.45, 7) is 8.06. The highest BCUT2D eigenvalue weighted by molar-refractivity contribution is 14.0. The van der Waals surface area contributed by atoms with Crippen molar-refractivity contribution < 1.29 is 4.52 Å². The molecule has 1 aliphatic heterocycles. The summed E-state index contributed by atoms with van der Waals surface area (Å²) >= 11 is 0. The number of piperazine rings is 1. The van der Waals surface area contributed by atoms with E-state index in [0.29, 0.717) is 0 Å². The summed E-state index contributed by atoms with van der Waals surface area (Å²) in [7, 11) is 1.91. The fraction of sp³-hybridized carbons (Fsp3) is 0.789. The highest BCUT2D eigenvalue weighted by Gasteiger charge is 2.41. The Morgan fingerprint density at radius 3 is 2.38 bits per heavy atom. The SMILES string of the molecule is CN=C(NCC(C1CC1)C1CC1)N1CCN(Cc2cc(C)on2)CC1.I. The van der Waals surface area contributed by atoms with Crippen LogP contribution in [0.25, 0.3) is 0 Å². The summed E-state index contributed by atoms with van der Waals surface area (Å²) in [5.74, 6) is 4.83. The fourth-order valence-electron chi connectivity index (χ4n) is 4.15. The molecule has 0 bridgehead atoms. The maximum Gasteiger partial charge on any atom is 0.193 e. The molecule has 2 aliphatic carbocycles. The van der Waals surface area contributed by atoms with Gasteiger partial charge in [-0.3, -0.25) is 9.89 Å². The van der Waals surface area contributed by atoms with Gasteiger partial charge in [-0.25, -0.2) is 0 Å². The van der Waals surface area contributed by atoms with Gasteiger partial charge in [-0.1, -0.05) is 5.16 Å². The van der Waals surface area contributed by atoms with E-state index in [9.17, 15) is 0 Å². The van der Waals surface area contributed by atoms with Crippen LogP contribution in [0.2, 0.25) is 0 Å². The first-order valence-electron chi connectivity index (χ1n) is 9.83. The Morgan fingerprint density at radius 2 is 1.88 bits per heavy atom. The van der Waals surface area contributed by atoms with Gasteiger partial charge in [-0.15, -0.1) is 24.0 Å². The van der Waals surface area contributed by atoms with Gasteiger partial charge in [0.15, 0.2) is 5.96 Å². The van der Waals surface area contributed by atoms with E-state index in [1.54, 1.807) is 0 Å². The molecule has 26 heavy (non-hydrogen) atoms. The highest BCUT2D eigenvalue weighted by Crippen LogP contribution is 2.48. The second kappa shape index (κ2) is 8.91. The van der Waals surface area contributed by atoms with Crippen molar-refractivity contribution in [2.24, 2.45) is 22.7 Å². The minimum Gasteiger partial charge on any atom is -0.361 e. The van der Waals surface area contributed by atoms with Gasteiger partial charge in [0.1, 0.15) is 5.76 Å². The summed E-state index contributed by atoms with van der Waals surface area (Å²) in [5, 5.41) is 7.79. The molecular formula is C19H32IN5O. The van der Waals surface area contributed by atoms with Crippen molar-refractivity contribution in [3.8, 4) is 0 Å². The molecule has 0 unspecified atom stereocenters. The van der Waals surface area contributed by atoms with Gasteiger partial charge in [0.05, 0.1) is 5.69 Å². The van der Waals surface area contributed by atoms with Crippen LogP contribution in [-0.2, 0) is 6.54 Å². The van der Waals surface area contributed by atoms with E-state index in [-0.39, 0.29) is 24.0 Å². The second-order valence-corrected chi connectivity index (χ2v) is 7.96. The van der Waals surface area contributed by atoms with Gasteiger partial charge < -0.3 is 14.7 Å². The lowest BCUT2D eigenvalue weighted by Crippen LogP contribution is -2.52. The average Bonchev–Trinajstić information content (AvgIpc) is 3.53. The summed E-state index contributed by atoms with van der Waals surface area (Å²) in [6.07, 6.45) is 5.78. The number of aryl methyl sites for hydroxylation is 1. The third-order valence-corrected chi connectivity index (χ3v) is 5.90. The largest absolute Gasteiger partial charge is 0.361 e. The molecule has 1 aromatic heterocycles. The third-order valence-electron chi connectivity index (χ3n) is 5.90. The standard InChI is InChI=1S/C19H31N5O.HI/c1-14-11-17(22-25-14)13-23-7-9-24(10-8-23)19(20-2)21-12-18(15-3-4-15)16-5-6-16;/h11,15-16,18H,3-10,12-13H2,1-2H3,(H,20,21);1H. The molecule has 1 N–H and O–H groups in total. The predicted molar refractivity (Wildman–Crippen MR) is 114 cm³/mol. The van der Waals surface area contributed by atoms with Gasteiger partial charge in [-0.2, -0.15) is 0 Å². The van der Waals surface area contributed by atoms with Crippen LogP contribution in [0.1, 0.15) is 37.1 Å². The van der Waals surface area contributed by atoms with E-state index in [0.717, 1.165) is 74.4 Å². The molecule has 2 heterocycles. The molecule has 146 valence electrons. The fourth-order valence-corrected chi connectivity index (χ4v) is 4.15. The van der Waals surface area contributed by atoms with Crippen molar-refractivity contribution in [2.45, 2.75) is 39.2 Å². The predicted octanol–water partition coefficient (Wildman–Crippen LogP) is 2.73. The van der Waals surface area contributed by atoms with Crippen molar-refractivity contribution in [1.29, 1.82) is 0 Å². The number of guanidine groups is 1. The molecule has 2 saturated carbocycles. The molecular weight excluding hydrogens is 441 g/mol. The first-order valence-corrected chi connectivity index (χ1v) is 9.83. The van der Waals surface area contributed by atoms with Gasteiger partial charge in [0.25, 0.3) is 0 Å². The van der Waals surface area contributed by atoms with Crippen LogP contribution in [-0.4, -0.2) is 60.7 Å². The lowest BCUT2D eigenvalue weighted by molar-refractivity contribution is 0.168. The number of nitrogens with one attached hydrogen (secondary N) is 1. The van der Waals surface area contributed by atoms with E-state index < -0.39 is 0 Å². The minimum atomic E-state index is 0. The van der Waals surface area contributed by atoms with E-state index in [1.165, 1.54) is 25.7 Å². The number of hydrogen-bond donors (Lipinski definition) is 1.